The molecule has 5 N–H and O–H groups in total. The quantitative estimate of drug-likeness (QED) is 0.157. The second-order valence-corrected chi connectivity index (χ2v) is 4.71. The SMILES string of the molecule is NC(=O)COCCOCCNC(=O)COCCNC(=O)CCNC=O. The first-order valence-electron chi connectivity index (χ1n) is 7.78. The molecule has 0 atom stereocenters. The van der Waals surface area contributed by atoms with Crippen LogP contribution in [0.25, 0.3) is 0 Å². The number of hydrogen-bond donors (Lipinski definition) is 4. The summed E-state index contributed by atoms with van der Waals surface area (Å²) in [5.41, 5.74) is 4.89. The van der Waals surface area contributed by atoms with Crippen LogP contribution in [-0.4, -0.2) is 83.4 Å². The van der Waals surface area contributed by atoms with E-state index in [2.05, 4.69) is 16.0 Å². The van der Waals surface area contributed by atoms with E-state index >= 15 is 0 Å². The van der Waals surface area contributed by atoms with E-state index in [1.165, 1.54) is 0 Å². The van der Waals surface area contributed by atoms with Gasteiger partial charge in [-0.15, -0.1) is 0 Å². The van der Waals surface area contributed by atoms with Gasteiger partial charge in [0.1, 0.15) is 13.2 Å². The van der Waals surface area contributed by atoms with Crippen LogP contribution in [0, 0.1) is 0 Å². The first kappa shape index (κ1) is 22.8. The highest BCUT2D eigenvalue weighted by Gasteiger charge is 2.02. The minimum Gasteiger partial charge on any atom is -0.377 e. The lowest BCUT2D eigenvalue weighted by molar-refractivity contribution is -0.126. The Morgan fingerprint density at radius 3 is 2.08 bits per heavy atom. The lowest BCUT2D eigenvalue weighted by Gasteiger charge is -2.08. The normalized spacial score (nSPS) is 10.1. The second-order valence-electron chi connectivity index (χ2n) is 4.71. The van der Waals surface area contributed by atoms with E-state index in [-0.39, 0.29) is 57.8 Å². The maximum Gasteiger partial charge on any atom is 0.246 e. The molecule has 0 aromatic rings. The summed E-state index contributed by atoms with van der Waals surface area (Å²) in [5.74, 6) is -1.05. The van der Waals surface area contributed by atoms with Crippen molar-refractivity contribution in [2.75, 3.05) is 59.3 Å². The summed E-state index contributed by atoms with van der Waals surface area (Å²) in [6.07, 6.45) is 0.713. The highest BCUT2D eigenvalue weighted by molar-refractivity contribution is 5.77. The summed E-state index contributed by atoms with van der Waals surface area (Å²) in [6, 6.07) is 0. The molecule has 0 heterocycles. The summed E-state index contributed by atoms with van der Waals surface area (Å²) in [7, 11) is 0. The minimum absolute atomic E-state index is 0.121. The van der Waals surface area contributed by atoms with Gasteiger partial charge >= 0.3 is 0 Å². The molecule has 0 bridgehead atoms. The Bertz CT molecular complexity index is 407. The molecule has 0 aliphatic carbocycles. The monoisotopic (exact) mass is 362 g/mol. The van der Waals surface area contributed by atoms with Gasteiger partial charge in [-0.05, 0) is 0 Å². The van der Waals surface area contributed by atoms with Crippen molar-refractivity contribution < 1.29 is 33.4 Å². The second kappa shape index (κ2) is 16.6. The van der Waals surface area contributed by atoms with Crippen molar-refractivity contribution in [1.82, 2.24) is 16.0 Å². The van der Waals surface area contributed by atoms with Crippen LogP contribution in [0.1, 0.15) is 6.42 Å². The molecule has 0 radical (unpaired) electrons. The van der Waals surface area contributed by atoms with Gasteiger partial charge in [0, 0.05) is 26.1 Å². The van der Waals surface area contributed by atoms with Gasteiger partial charge in [-0.25, -0.2) is 0 Å². The molecular formula is C14H26N4O7. The zero-order valence-electron chi connectivity index (χ0n) is 14.1. The number of primary amides is 1. The van der Waals surface area contributed by atoms with Crippen LogP contribution in [-0.2, 0) is 33.4 Å². The van der Waals surface area contributed by atoms with Gasteiger partial charge in [0.25, 0.3) is 0 Å². The van der Waals surface area contributed by atoms with Crippen LogP contribution in [0.2, 0.25) is 0 Å². The smallest absolute Gasteiger partial charge is 0.246 e. The fourth-order valence-corrected chi connectivity index (χ4v) is 1.47. The van der Waals surface area contributed by atoms with Gasteiger partial charge < -0.3 is 35.9 Å². The summed E-state index contributed by atoms with van der Waals surface area (Å²) in [5, 5.41) is 7.56. The summed E-state index contributed by atoms with van der Waals surface area (Å²) >= 11 is 0. The third kappa shape index (κ3) is 17.9. The number of carbonyl (C=O) groups is 4. The molecule has 11 heteroatoms. The number of nitrogens with two attached hydrogens (primary N) is 1. The van der Waals surface area contributed by atoms with E-state index in [4.69, 9.17) is 19.9 Å². The molecule has 0 spiro atoms. The molecule has 4 amide bonds. The standard InChI is InChI=1S/C14H26N4O7/c15-12(20)9-25-8-7-23-5-3-18-14(22)10-24-6-4-17-13(21)1-2-16-11-19/h11H,1-10H2,(H2,15,20)(H,16,19)(H,17,21)(H,18,22). The lowest BCUT2D eigenvalue weighted by Crippen LogP contribution is -2.33. The third-order valence-corrected chi connectivity index (χ3v) is 2.57. The number of hydrogen-bond acceptors (Lipinski definition) is 7. The zero-order chi connectivity index (χ0) is 18.8. The van der Waals surface area contributed by atoms with E-state index < -0.39 is 5.91 Å². The van der Waals surface area contributed by atoms with Crippen molar-refractivity contribution in [3.05, 3.63) is 0 Å². The molecule has 0 rings (SSSR count). The Morgan fingerprint density at radius 1 is 0.800 bits per heavy atom. The van der Waals surface area contributed by atoms with Crippen LogP contribution >= 0.6 is 0 Å². The predicted octanol–water partition coefficient (Wildman–Crippen LogP) is -3.11. The van der Waals surface area contributed by atoms with E-state index in [1.807, 2.05) is 0 Å². The first-order valence-corrected chi connectivity index (χ1v) is 7.78. The maximum atomic E-state index is 11.4. The number of nitrogens with one attached hydrogen (secondary N) is 3. The number of ether oxygens (including phenoxy) is 3. The van der Waals surface area contributed by atoms with Gasteiger partial charge in [-0.2, -0.15) is 0 Å². The van der Waals surface area contributed by atoms with Crippen molar-refractivity contribution in [2.45, 2.75) is 6.42 Å². The number of amides is 4. The van der Waals surface area contributed by atoms with Crippen LogP contribution in [0.15, 0.2) is 0 Å². The van der Waals surface area contributed by atoms with E-state index in [1.54, 1.807) is 0 Å². The fraction of sp³-hybridized carbons (Fsp3) is 0.714. The van der Waals surface area contributed by atoms with Crippen molar-refractivity contribution in [2.24, 2.45) is 5.73 Å². The molecule has 0 aromatic carbocycles. The van der Waals surface area contributed by atoms with Crippen molar-refractivity contribution >= 4 is 24.1 Å². The largest absolute Gasteiger partial charge is 0.377 e. The van der Waals surface area contributed by atoms with Crippen molar-refractivity contribution in [3.8, 4) is 0 Å². The van der Waals surface area contributed by atoms with Gasteiger partial charge in [0.2, 0.25) is 24.1 Å². The molecule has 0 saturated heterocycles. The summed E-state index contributed by atoms with van der Waals surface area (Å²) in [4.78, 5) is 43.1. The Hall–Kier alpha value is -2.24. The van der Waals surface area contributed by atoms with Crippen LogP contribution in [0.4, 0.5) is 0 Å². The molecule has 0 aliphatic heterocycles. The van der Waals surface area contributed by atoms with E-state index in [9.17, 15) is 19.2 Å². The predicted molar refractivity (Wildman–Crippen MR) is 86.4 cm³/mol. The molecule has 0 aliphatic rings. The van der Waals surface area contributed by atoms with Crippen LogP contribution in [0.3, 0.4) is 0 Å². The average Bonchev–Trinajstić information content (AvgIpc) is 2.57. The van der Waals surface area contributed by atoms with Gasteiger partial charge in [-0.1, -0.05) is 0 Å². The molecule has 25 heavy (non-hydrogen) atoms. The molecule has 11 nitrogen and oxygen atoms in total. The molecule has 0 fully saturated rings. The molecule has 144 valence electrons. The highest BCUT2D eigenvalue weighted by Crippen LogP contribution is 1.80. The summed E-state index contributed by atoms with van der Waals surface area (Å²) < 4.78 is 15.2. The minimum atomic E-state index is -0.540. The Balaban J connectivity index is 3.32. The van der Waals surface area contributed by atoms with Crippen LogP contribution in [0.5, 0.6) is 0 Å². The lowest BCUT2D eigenvalue weighted by atomic mass is 10.4. The highest BCUT2D eigenvalue weighted by atomic mass is 16.5. The van der Waals surface area contributed by atoms with Gasteiger partial charge in [0.15, 0.2) is 0 Å². The average molecular weight is 362 g/mol. The fourth-order valence-electron chi connectivity index (χ4n) is 1.47. The Labute approximate surface area is 145 Å². The Kier molecular flexibility index (Phi) is 15.1. The van der Waals surface area contributed by atoms with Gasteiger partial charge in [-0.3, -0.25) is 19.2 Å². The van der Waals surface area contributed by atoms with Gasteiger partial charge in [0.05, 0.1) is 26.4 Å². The molecule has 0 saturated carbocycles. The van der Waals surface area contributed by atoms with E-state index in [0.717, 1.165) is 0 Å². The molecule has 0 unspecified atom stereocenters. The summed E-state index contributed by atoms with van der Waals surface area (Å²) in [6.45, 7) is 1.65. The van der Waals surface area contributed by atoms with Crippen LogP contribution < -0.4 is 21.7 Å². The zero-order valence-corrected chi connectivity index (χ0v) is 14.1. The molecular weight excluding hydrogens is 336 g/mol. The Morgan fingerprint density at radius 2 is 1.40 bits per heavy atom. The van der Waals surface area contributed by atoms with Crippen molar-refractivity contribution in [1.29, 1.82) is 0 Å². The molecule has 0 aromatic heterocycles. The van der Waals surface area contributed by atoms with E-state index in [0.29, 0.717) is 26.2 Å². The maximum absolute atomic E-state index is 11.4. The van der Waals surface area contributed by atoms with Crippen molar-refractivity contribution in [3.63, 3.8) is 0 Å². The number of rotatable bonds is 17. The topological polar surface area (TPSA) is 158 Å². The third-order valence-electron chi connectivity index (χ3n) is 2.57. The first-order chi connectivity index (χ1) is 12.1. The number of carbonyl (C=O) groups excluding carboxylic acids is 4.